The minimum Gasteiger partial charge on any atom is -0.369 e. The molecule has 3 aromatic carbocycles. The van der Waals surface area contributed by atoms with Gasteiger partial charge in [-0.05, 0) is 56.2 Å². The molecular formula is C28H30N4O. The Labute approximate surface area is 194 Å². The van der Waals surface area contributed by atoms with Crippen molar-refractivity contribution >= 4 is 16.5 Å². The highest BCUT2D eigenvalue weighted by molar-refractivity contribution is 5.94. The van der Waals surface area contributed by atoms with Crippen LogP contribution in [-0.2, 0) is 6.67 Å². The average molecular weight is 439 g/mol. The average Bonchev–Trinajstić information content (AvgIpc) is 2.83. The summed E-state index contributed by atoms with van der Waals surface area (Å²) in [5.41, 5.74) is 6.84. The lowest BCUT2D eigenvalue weighted by molar-refractivity contribution is 0.192. The Balaban J connectivity index is 1.45. The highest BCUT2D eigenvalue weighted by Crippen LogP contribution is 2.28. The zero-order valence-electron chi connectivity index (χ0n) is 19.6. The summed E-state index contributed by atoms with van der Waals surface area (Å²) in [4.78, 5) is 18.1. The zero-order chi connectivity index (χ0) is 22.9. The van der Waals surface area contributed by atoms with E-state index in [-0.39, 0.29) is 5.56 Å². The van der Waals surface area contributed by atoms with Crippen LogP contribution in [0.4, 0.5) is 5.69 Å². The molecule has 1 aromatic heterocycles. The summed E-state index contributed by atoms with van der Waals surface area (Å²) in [7, 11) is 0. The molecule has 0 spiro atoms. The van der Waals surface area contributed by atoms with Gasteiger partial charge in [0.15, 0.2) is 0 Å². The molecule has 5 rings (SSSR count). The highest BCUT2D eigenvalue weighted by atomic mass is 16.1. The van der Waals surface area contributed by atoms with Crippen LogP contribution in [0, 0.1) is 20.8 Å². The standard InChI is InChI=1S/C28H30N4O/c1-20-7-6-8-23(17-20)31-15-13-30(14-16-31)19-32-28(33)25-10-5-4-9-24(25)27(29-32)26-18-21(2)11-12-22(26)3/h4-12,17-18H,13-16,19H2,1-3H3. The maximum atomic E-state index is 13.3. The van der Waals surface area contributed by atoms with Crippen molar-refractivity contribution in [2.24, 2.45) is 0 Å². The van der Waals surface area contributed by atoms with Crippen molar-refractivity contribution in [3.63, 3.8) is 0 Å². The first-order valence-corrected chi connectivity index (χ1v) is 11.6. The first-order chi connectivity index (χ1) is 16.0. The molecule has 1 aliphatic rings. The van der Waals surface area contributed by atoms with Gasteiger partial charge in [-0.25, -0.2) is 4.68 Å². The fraction of sp³-hybridized carbons (Fsp3) is 0.286. The van der Waals surface area contributed by atoms with Crippen molar-refractivity contribution in [1.82, 2.24) is 14.7 Å². The second-order valence-electron chi connectivity index (χ2n) is 9.10. The summed E-state index contributed by atoms with van der Waals surface area (Å²) in [6, 6.07) is 22.9. The van der Waals surface area contributed by atoms with Gasteiger partial charge >= 0.3 is 0 Å². The number of benzene rings is 3. The van der Waals surface area contributed by atoms with Crippen LogP contribution in [-0.4, -0.2) is 40.9 Å². The largest absolute Gasteiger partial charge is 0.369 e. The van der Waals surface area contributed by atoms with Crippen LogP contribution < -0.4 is 10.5 Å². The van der Waals surface area contributed by atoms with Crippen LogP contribution >= 0.6 is 0 Å². The summed E-state index contributed by atoms with van der Waals surface area (Å²) in [5, 5.41) is 6.54. The van der Waals surface area contributed by atoms with E-state index in [1.54, 1.807) is 4.68 Å². The molecule has 0 radical (unpaired) electrons. The quantitative estimate of drug-likeness (QED) is 0.460. The number of piperazine rings is 1. The number of anilines is 1. The summed E-state index contributed by atoms with van der Waals surface area (Å²) in [5.74, 6) is 0. The molecule has 1 saturated heterocycles. The molecule has 168 valence electrons. The monoisotopic (exact) mass is 438 g/mol. The number of fused-ring (bicyclic) bond motifs is 1. The van der Waals surface area contributed by atoms with Crippen molar-refractivity contribution in [3.8, 4) is 11.3 Å². The third-order valence-corrected chi connectivity index (χ3v) is 6.59. The molecule has 0 N–H and O–H groups in total. The van der Waals surface area contributed by atoms with Crippen LogP contribution in [0.2, 0.25) is 0 Å². The van der Waals surface area contributed by atoms with E-state index in [1.165, 1.54) is 16.8 Å². The molecule has 5 heteroatoms. The Bertz CT molecular complexity index is 1370. The number of aryl methyl sites for hydroxylation is 3. The highest BCUT2D eigenvalue weighted by Gasteiger charge is 2.20. The zero-order valence-corrected chi connectivity index (χ0v) is 19.6. The molecule has 2 heterocycles. The molecule has 0 saturated carbocycles. The molecule has 0 aliphatic carbocycles. The summed E-state index contributed by atoms with van der Waals surface area (Å²) < 4.78 is 1.65. The van der Waals surface area contributed by atoms with Crippen molar-refractivity contribution < 1.29 is 0 Å². The van der Waals surface area contributed by atoms with Crippen LogP contribution in [0.25, 0.3) is 22.0 Å². The molecule has 0 unspecified atom stereocenters. The molecule has 0 bridgehead atoms. The molecule has 1 aliphatic heterocycles. The van der Waals surface area contributed by atoms with E-state index in [0.29, 0.717) is 6.67 Å². The van der Waals surface area contributed by atoms with Gasteiger partial charge in [-0.1, -0.05) is 48.0 Å². The number of hydrogen-bond donors (Lipinski definition) is 0. The molecule has 33 heavy (non-hydrogen) atoms. The number of rotatable bonds is 4. The minimum absolute atomic E-state index is 0.0271. The van der Waals surface area contributed by atoms with E-state index in [4.69, 9.17) is 5.10 Å². The van der Waals surface area contributed by atoms with Crippen molar-refractivity contribution in [3.05, 3.63) is 93.8 Å². The lowest BCUT2D eigenvalue weighted by atomic mass is 9.99. The predicted octanol–water partition coefficient (Wildman–Crippen LogP) is 4.77. The fourth-order valence-corrected chi connectivity index (χ4v) is 4.68. The summed E-state index contributed by atoms with van der Waals surface area (Å²) in [6.45, 7) is 10.5. The van der Waals surface area contributed by atoms with Gasteiger partial charge in [0, 0.05) is 42.8 Å². The second kappa shape index (κ2) is 8.83. The lowest BCUT2D eigenvalue weighted by Crippen LogP contribution is -2.48. The Morgan fingerprint density at radius 1 is 0.788 bits per heavy atom. The molecule has 0 amide bonds. The molecule has 1 fully saturated rings. The van der Waals surface area contributed by atoms with E-state index >= 15 is 0 Å². The van der Waals surface area contributed by atoms with Gasteiger partial charge in [0.05, 0.1) is 17.7 Å². The maximum Gasteiger partial charge on any atom is 0.275 e. The van der Waals surface area contributed by atoms with Gasteiger partial charge in [-0.3, -0.25) is 9.69 Å². The van der Waals surface area contributed by atoms with Gasteiger partial charge in [0.1, 0.15) is 0 Å². The molecule has 0 atom stereocenters. The van der Waals surface area contributed by atoms with Gasteiger partial charge in [-0.2, -0.15) is 5.10 Å². The Hall–Kier alpha value is -3.44. The molecule has 5 nitrogen and oxygen atoms in total. The van der Waals surface area contributed by atoms with Crippen LogP contribution in [0.15, 0.2) is 71.5 Å². The normalized spacial score (nSPS) is 14.7. The van der Waals surface area contributed by atoms with Crippen molar-refractivity contribution in [2.45, 2.75) is 27.4 Å². The number of nitrogens with zero attached hydrogens (tertiary/aromatic N) is 4. The van der Waals surface area contributed by atoms with Gasteiger partial charge in [-0.15, -0.1) is 0 Å². The van der Waals surface area contributed by atoms with Gasteiger partial charge < -0.3 is 4.90 Å². The van der Waals surface area contributed by atoms with Crippen molar-refractivity contribution in [2.75, 3.05) is 31.1 Å². The number of hydrogen-bond acceptors (Lipinski definition) is 4. The van der Waals surface area contributed by atoms with E-state index in [1.807, 2.05) is 24.3 Å². The third-order valence-electron chi connectivity index (χ3n) is 6.59. The predicted molar refractivity (Wildman–Crippen MR) is 136 cm³/mol. The Morgan fingerprint density at radius 3 is 2.27 bits per heavy atom. The number of aromatic nitrogens is 2. The SMILES string of the molecule is Cc1cccc(N2CCN(Cn3nc(-c4cc(C)ccc4C)c4ccccc4c3=O)CC2)c1. The summed E-state index contributed by atoms with van der Waals surface area (Å²) >= 11 is 0. The second-order valence-corrected chi connectivity index (χ2v) is 9.10. The van der Waals surface area contributed by atoms with Crippen LogP contribution in [0.1, 0.15) is 16.7 Å². The van der Waals surface area contributed by atoms with Crippen molar-refractivity contribution in [1.29, 1.82) is 0 Å². The van der Waals surface area contributed by atoms with E-state index in [2.05, 4.69) is 73.0 Å². The van der Waals surface area contributed by atoms with E-state index in [0.717, 1.165) is 53.8 Å². The fourth-order valence-electron chi connectivity index (χ4n) is 4.68. The molecular weight excluding hydrogens is 408 g/mol. The maximum absolute atomic E-state index is 13.3. The Kier molecular flexibility index (Phi) is 5.73. The topological polar surface area (TPSA) is 41.4 Å². The minimum atomic E-state index is -0.0271. The third kappa shape index (κ3) is 4.29. The van der Waals surface area contributed by atoms with Gasteiger partial charge in [0.25, 0.3) is 5.56 Å². The lowest BCUT2D eigenvalue weighted by Gasteiger charge is -2.36. The van der Waals surface area contributed by atoms with Crippen LogP contribution in [0.5, 0.6) is 0 Å². The molecule has 4 aromatic rings. The van der Waals surface area contributed by atoms with Gasteiger partial charge in [0.2, 0.25) is 0 Å². The van der Waals surface area contributed by atoms with E-state index < -0.39 is 0 Å². The van der Waals surface area contributed by atoms with Crippen LogP contribution in [0.3, 0.4) is 0 Å². The Morgan fingerprint density at radius 2 is 1.52 bits per heavy atom. The van der Waals surface area contributed by atoms with E-state index in [9.17, 15) is 4.79 Å². The first kappa shape index (κ1) is 21.4. The first-order valence-electron chi connectivity index (χ1n) is 11.6. The smallest absolute Gasteiger partial charge is 0.275 e. The summed E-state index contributed by atoms with van der Waals surface area (Å²) in [6.07, 6.45) is 0.